The minimum Gasteiger partial charge on any atom is -0.372 e. The van der Waals surface area contributed by atoms with Crippen LogP contribution in [0, 0.1) is 12.7 Å². The summed E-state index contributed by atoms with van der Waals surface area (Å²) < 4.78 is 53.2. The van der Waals surface area contributed by atoms with Gasteiger partial charge in [0.15, 0.2) is 0 Å². The highest BCUT2D eigenvalue weighted by molar-refractivity contribution is 5.27. The summed E-state index contributed by atoms with van der Waals surface area (Å²) in [4.78, 5) is 0. The monoisotopic (exact) mass is 294 g/mol. The molecule has 7 heteroatoms. The van der Waals surface area contributed by atoms with Gasteiger partial charge >= 0.3 is 6.18 Å². The molecule has 0 fully saturated rings. The quantitative estimate of drug-likeness (QED) is 0.351. The Balaban J connectivity index is 2.43. The van der Waals surface area contributed by atoms with Crippen molar-refractivity contribution in [3.05, 3.63) is 35.1 Å². The molecule has 0 aliphatic rings. The van der Waals surface area contributed by atoms with E-state index in [0.29, 0.717) is 12.8 Å². The normalized spacial score (nSPS) is 13.5. The first-order valence-corrected chi connectivity index (χ1v) is 6.17. The van der Waals surface area contributed by atoms with Crippen LogP contribution in [0.1, 0.15) is 17.5 Å². The molecule has 1 atom stereocenters. The SMILES string of the molecule is Cc1cc(F)ccc1CC(CCOCC(F)(F)F)NN. The number of ether oxygens (including phenoxy) is 1. The Labute approximate surface area is 115 Å². The minimum absolute atomic E-state index is 0.0470. The van der Waals surface area contributed by atoms with E-state index in [1.807, 2.05) is 0 Å². The summed E-state index contributed by atoms with van der Waals surface area (Å²) >= 11 is 0. The molecule has 0 aliphatic carbocycles. The zero-order valence-electron chi connectivity index (χ0n) is 11.1. The van der Waals surface area contributed by atoms with E-state index < -0.39 is 12.8 Å². The Morgan fingerprint density at radius 1 is 1.35 bits per heavy atom. The van der Waals surface area contributed by atoms with Gasteiger partial charge in [-0.1, -0.05) is 6.07 Å². The van der Waals surface area contributed by atoms with Crippen LogP contribution in [-0.2, 0) is 11.2 Å². The lowest BCUT2D eigenvalue weighted by atomic mass is 10.00. The molecule has 20 heavy (non-hydrogen) atoms. The molecule has 0 saturated heterocycles. The summed E-state index contributed by atoms with van der Waals surface area (Å²) in [6.45, 7) is 0.459. The molecule has 1 aromatic carbocycles. The van der Waals surface area contributed by atoms with Crippen LogP contribution in [0.3, 0.4) is 0 Å². The molecule has 1 unspecified atom stereocenters. The van der Waals surface area contributed by atoms with Crippen molar-refractivity contribution in [2.45, 2.75) is 32.0 Å². The van der Waals surface area contributed by atoms with Crippen molar-refractivity contribution < 1.29 is 22.3 Å². The third kappa shape index (κ3) is 6.31. The second-order valence-corrected chi connectivity index (χ2v) is 4.59. The van der Waals surface area contributed by atoms with Gasteiger partial charge < -0.3 is 4.74 Å². The Bertz CT molecular complexity index is 423. The Morgan fingerprint density at radius 3 is 2.60 bits per heavy atom. The summed E-state index contributed by atoms with van der Waals surface area (Å²) in [5.41, 5.74) is 4.21. The number of nitrogens with two attached hydrogens (primary N) is 1. The van der Waals surface area contributed by atoms with Crippen LogP contribution in [0.25, 0.3) is 0 Å². The lowest BCUT2D eigenvalue weighted by molar-refractivity contribution is -0.174. The van der Waals surface area contributed by atoms with Gasteiger partial charge in [-0.25, -0.2) is 4.39 Å². The van der Waals surface area contributed by atoms with Crippen LogP contribution >= 0.6 is 0 Å². The number of benzene rings is 1. The molecule has 0 amide bonds. The van der Waals surface area contributed by atoms with Crippen LogP contribution in [0.4, 0.5) is 17.6 Å². The fourth-order valence-electron chi connectivity index (χ4n) is 1.81. The fourth-order valence-corrected chi connectivity index (χ4v) is 1.81. The van der Waals surface area contributed by atoms with Crippen LogP contribution in [0.2, 0.25) is 0 Å². The van der Waals surface area contributed by atoms with Gasteiger partial charge in [0.1, 0.15) is 12.4 Å². The minimum atomic E-state index is -4.32. The molecule has 114 valence electrons. The standard InChI is InChI=1S/C13H18F4N2O/c1-9-6-11(14)3-2-10(9)7-12(19-18)4-5-20-8-13(15,16)17/h2-3,6,12,19H,4-5,7-8,18H2,1H3. The molecule has 3 nitrogen and oxygen atoms in total. The first-order valence-electron chi connectivity index (χ1n) is 6.17. The average molecular weight is 294 g/mol. The highest BCUT2D eigenvalue weighted by atomic mass is 19.4. The van der Waals surface area contributed by atoms with E-state index in [1.165, 1.54) is 12.1 Å². The van der Waals surface area contributed by atoms with Gasteiger partial charge in [0.05, 0.1) is 0 Å². The van der Waals surface area contributed by atoms with Crippen molar-refractivity contribution in [3.8, 4) is 0 Å². The highest BCUT2D eigenvalue weighted by Gasteiger charge is 2.27. The number of nitrogens with one attached hydrogen (secondary N) is 1. The maximum absolute atomic E-state index is 13.0. The third-order valence-corrected chi connectivity index (χ3v) is 2.88. The van der Waals surface area contributed by atoms with E-state index in [0.717, 1.165) is 11.1 Å². The topological polar surface area (TPSA) is 47.3 Å². The lowest BCUT2D eigenvalue weighted by Gasteiger charge is -2.17. The zero-order chi connectivity index (χ0) is 15.2. The second-order valence-electron chi connectivity index (χ2n) is 4.59. The first-order chi connectivity index (χ1) is 9.31. The van der Waals surface area contributed by atoms with Crippen molar-refractivity contribution in [3.63, 3.8) is 0 Å². The number of hydrazine groups is 1. The van der Waals surface area contributed by atoms with Gasteiger partial charge in [-0.2, -0.15) is 13.2 Å². The Hall–Kier alpha value is -1.18. The molecule has 0 heterocycles. The summed E-state index contributed by atoms with van der Waals surface area (Å²) in [5, 5.41) is 0. The second kappa shape index (κ2) is 7.56. The summed E-state index contributed by atoms with van der Waals surface area (Å²) in [6.07, 6.45) is -3.49. The van der Waals surface area contributed by atoms with Gasteiger partial charge in [0.25, 0.3) is 0 Å². The number of halogens is 4. The third-order valence-electron chi connectivity index (χ3n) is 2.88. The Morgan fingerprint density at radius 2 is 2.05 bits per heavy atom. The van der Waals surface area contributed by atoms with E-state index in [-0.39, 0.29) is 18.5 Å². The highest BCUT2D eigenvalue weighted by Crippen LogP contribution is 2.16. The predicted octanol–water partition coefficient (Wildman–Crippen LogP) is 2.48. The van der Waals surface area contributed by atoms with Crippen molar-refractivity contribution in [1.29, 1.82) is 0 Å². The van der Waals surface area contributed by atoms with Gasteiger partial charge in [-0.05, 0) is 43.0 Å². The molecule has 1 rings (SSSR count). The summed E-state index contributed by atoms with van der Waals surface area (Å²) in [6, 6.07) is 4.16. The van der Waals surface area contributed by atoms with Crippen molar-refractivity contribution in [2.75, 3.05) is 13.2 Å². The van der Waals surface area contributed by atoms with Crippen molar-refractivity contribution >= 4 is 0 Å². The van der Waals surface area contributed by atoms with Crippen molar-refractivity contribution in [1.82, 2.24) is 5.43 Å². The van der Waals surface area contributed by atoms with E-state index in [1.54, 1.807) is 13.0 Å². The molecule has 0 aliphatic heterocycles. The maximum Gasteiger partial charge on any atom is 0.411 e. The number of aryl methyl sites for hydroxylation is 1. The number of rotatable bonds is 7. The van der Waals surface area contributed by atoms with Crippen LogP contribution in [0.5, 0.6) is 0 Å². The van der Waals surface area contributed by atoms with E-state index >= 15 is 0 Å². The van der Waals surface area contributed by atoms with E-state index in [2.05, 4.69) is 10.2 Å². The Kier molecular flexibility index (Phi) is 6.38. The number of hydrogen-bond donors (Lipinski definition) is 2. The molecular formula is C13H18F4N2O. The average Bonchev–Trinajstić information content (AvgIpc) is 2.34. The molecular weight excluding hydrogens is 276 g/mol. The first kappa shape index (κ1) is 16.9. The van der Waals surface area contributed by atoms with E-state index in [9.17, 15) is 17.6 Å². The lowest BCUT2D eigenvalue weighted by Crippen LogP contribution is -2.38. The smallest absolute Gasteiger partial charge is 0.372 e. The molecule has 0 spiro atoms. The van der Waals surface area contributed by atoms with E-state index in [4.69, 9.17) is 5.84 Å². The molecule has 0 bridgehead atoms. The van der Waals surface area contributed by atoms with Crippen molar-refractivity contribution in [2.24, 2.45) is 5.84 Å². The fraction of sp³-hybridized carbons (Fsp3) is 0.538. The van der Waals surface area contributed by atoms with Gasteiger partial charge in [0.2, 0.25) is 0 Å². The largest absolute Gasteiger partial charge is 0.411 e. The van der Waals surface area contributed by atoms with Gasteiger partial charge in [-0.3, -0.25) is 11.3 Å². The molecule has 0 radical (unpaired) electrons. The molecule has 3 N–H and O–H groups in total. The van der Waals surface area contributed by atoms with Crippen LogP contribution < -0.4 is 11.3 Å². The molecule has 0 saturated carbocycles. The number of alkyl halides is 3. The summed E-state index contributed by atoms with van der Waals surface area (Å²) in [7, 11) is 0. The molecule has 1 aromatic rings. The van der Waals surface area contributed by atoms with Crippen LogP contribution in [0.15, 0.2) is 18.2 Å². The predicted molar refractivity (Wildman–Crippen MR) is 67.4 cm³/mol. The maximum atomic E-state index is 13.0. The van der Waals surface area contributed by atoms with Crippen LogP contribution in [-0.4, -0.2) is 25.4 Å². The summed E-state index contributed by atoms with van der Waals surface area (Å²) in [5.74, 6) is 5.04. The number of hydrogen-bond acceptors (Lipinski definition) is 3. The van der Waals surface area contributed by atoms with Gasteiger partial charge in [0, 0.05) is 12.6 Å². The molecule has 0 aromatic heterocycles. The van der Waals surface area contributed by atoms with Gasteiger partial charge in [-0.15, -0.1) is 0 Å². The zero-order valence-corrected chi connectivity index (χ0v) is 11.1.